The lowest BCUT2D eigenvalue weighted by molar-refractivity contribution is -0.138. The molecule has 1 aromatic carbocycles. The molecule has 0 spiro atoms. The van der Waals surface area contributed by atoms with Crippen LogP contribution in [0.2, 0.25) is 0 Å². The molecular formula is C12H7F3N2O3. The highest BCUT2D eigenvalue weighted by Gasteiger charge is 2.34. The number of halogens is 3. The number of para-hydroxylation sites is 1. The number of benzene rings is 1. The maximum absolute atomic E-state index is 12.7. The van der Waals surface area contributed by atoms with E-state index in [9.17, 15) is 18.0 Å². The van der Waals surface area contributed by atoms with Gasteiger partial charge in [0.2, 0.25) is 0 Å². The first-order valence-corrected chi connectivity index (χ1v) is 5.27. The fourth-order valence-corrected chi connectivity index (χ4v) is 1.37. The van der Waals surface area contributed by atoms with Crippen LogP contribution in [0.4, 0.5) is 13.2 Å². The molecule has 0 radical (unpaired) electrons. The number of rotatable bonds is 3. The Kier molecular flexibility index (Phi) is 3.55. The Hall–Kier alpha value is -2.64. The summed E-state index contributed by atoms with van der Waals surface area (Å²) in [7, 11) is 0. The Balaban J connectivity index is 2.28. The zero-order chi connectivity index (χ0) is 14.8. The molecule has 5 nitrogen and oxygen atoms in total. The summed E-state index contributed by atoms with van der Waals surface area (Å²) in [6.45, 7) is 0. The number of nitrogens with zero attached hydrogens (tertiary/aromatic N) is 2. The number of aromatic nitrogens is 2. The first-order valence-electron chi connectivity index (χ1n) is 5.27. The highest BCUT2D eigenvalue weighted by molar-refractivity contribution is 5.86. The van der Waals surface area contributed by atoms with Crippen LogP contribution in [0.15, 0.2) is 36.7 Å². The van der Waals surface area contributed by atoms with Gasteiger partial charge in [0.1, 0.15) is 5.75 Å². The number of carboxylic acid groups (broad SMARTS) is 1. The van der Waals surface area contributed by atoms with Crippen molar-refractivity contribution >= 4 is 5.97 Å². The van der Waals surface area contributed by atoms with E-state index in [0.717, 1.165) is 24.5 Å². The lowest BCUT2D eigenvalue weighted by Gasteiger charge is -2.12. The van der Waals surface area contributed by atoms with Gasteiger partial charge in [0.15, 0.2) is 0 Å². The molecule has 0 amide bonds. The summed E-state index contributed by atoms with van der Waals surface area (Å²) < 4.78 is 43.1. The second-order valence-electron chi connectivity index (χ2n) is 3.66. The number of ether oxygens (including phenoxy) is 1. The van der Waals surface area contributed by atoms with Crippen LogP contribution in [0.3, 0.4) is 0 Å². The molecule has 1 N–H and O–H groups in total. The Morgan fingerprint density at radius 2 is 1.75 bits per heavy atom. The highest BCUT2D eigenvalue weighted by Crippen LogP contribution is 2.37. The Bertz CT molecular complexity index is 627. The molecule has 8 heteroatoms. The summed E-state index contributed by atoms with van der Waals surface area (Å²) in [6.07, 6.45) is -2.68. The average molecular weight is 284 g/mol. The van der Waals surface area contributed by atoms with Gasteiger partial charge in [-0.15, -0.1) is 0 Å². The third-order valence-electron chi connectivity index (χ3n) is 2.27. The fourth-order valence-electron chi connectivity index (χ4n) is 1.37. The van der Waals surface area contributed by atoms with E-state index in [1.165, 1.54) is 12.1 Å². The SMILES string of the molecule is O=C(O)c1cnc(Oc2ccccc2C(F)(F)F)nc1. The smallest absolute Gasteiger partial charge is 0.419 e. The molecule has 0 unspecified atom stereocenters. The molecule has 1 heterocycles. The molecule has 0 saturated carbocycles. The van der Waals surface area contributed by atoms with Gasteiger partial charge in [-0.2, -0.15) is 13.2 Å². The van der Waals surface area contributed by atoms with Crippen LogP contribution in [-0.2, 0) is 6.18 Å². The predicted octanol–water partition coefficient (Wildman–Crippen LogP) is 2.99. The summed E-state index contributed by atoms with van der Waals surface area (Å²) in [5, 5.41) is 8.65. The zero-order valence-electron chi connectivity index (χ0n) is 9.76. The van der Waals surface area contributed by atoms with Gasteiger partial charge in [-0.3, -0.25) is 0 Å². The van der Waals surface area contributed by atoms with Crippen LogP contribution in [0.5, 0.6) is 11.8 Å². The van der Waals surface area contributed by atoms with Crippen molar-refractivity contribution in [1.29, 1.82) is 0 Å². The van der Waals surface area contributed by atoms with Crippen molar-refractivity contribution in [3.05, 3.63) is 47.8 Å². The van der Waals surface area contributed by atoms with Gasteiger partial charge < -0.3 is 9.84 Å². The molecule has 0 fully saturated rings. The van der Waals surface area contributed by atoms with E-state index in [4.69, 9.17) is 9.84 Å². The average Bonchev–Trinajstić information content (AvgIpc) is 2.38. The second kappa shape index (κ2) is 5.16. The lowest BCUT2D eigenvalue weighted by atomic mass is 10.2. The minimum absolute atomic E-state index is 0.193. The number of carboxylic acids is 1. The lowest BCUT2D eigenvalue weighted by Crippen LogP contribution is -2.07. The van der Waals surface area contributed by atoms with Gasteiger partial charge in [0.05, 0.1) is 11.1 Å². The van der Waals surface area contributed by atoms with Crippen molar-refractivity contribution in [3.8, 4) is 11.8 Å². The number of hydrogen-bond acceptors (Lipinski definition) is 4. The highest BCUT2D eigenvalue weighted by atomic mass is 19.4. The number of aromatic carboxylic acids is 1. The fraction of sp³-hybridized carbons (Fsp3) is 0.0833. The van der Waals surface area contributed by atoms with Gasteiger partial charge in [-0.25, -0.2) is 14.8 Å². The molecule has 20 heavy (non-hydrogen) atoms. The molecular weight excluding hydrogens is 277 g/mol. The van der Waals surface area contributed by atoms with Crippen molar-refractivity contribution in [2.75, 3.05) is 0 Å². The van der Waals surface area contributed by atoms with Gasteiger partial charge in [0.25, 0.3) is 0 Å². The van der Waals surface area contributed by atoms with Gasteiger partial charge >= 0.3 is 18.2 Å². The summed E-state index contributed by atoms with van der Waals surface area (Å²) in [4.78, 5) is 17.7. The van der Waals surface area contributed by atoms with Crippen LogP contribution >= 0.6 is 0 Å². The third-order valence-corrected chi connectivity index (χ3v) is 2.27. The molecule has 0 aliphatic heterocycles. The van der Waals surface area contributed by atoms with E-state index in [-0.39, 0.29) is 11.6 Å². The largest absolute Gasteiger partial charge is 0.478 e. The van der Waals surface area contributed by atoms with Gasteiger partial charge in [-0.05, 0) is 12.1 Å². The molecule has 2 rings (SSSR count). The quantitative estimate of drug-likeness (QED) is 0.938. The topological polar surface area (TPSA) is 72.3 Å². The van der Waals surface area contributed by atoms with Gasteiger partial charge in [0, 0.05) is 12.4 Å². The van der Waals surface area contributed by atoms with Crippen molar-refractivity contribution in [3.63, 3.8) is 0 Å². The minimum Gasteiger partial charge on any atom is -0.478 e. The number of alkyl halides is 3. The van der Waals surface area contributed by atoms with Crippen LogP contribution < -0.4 is 4.74 Å². The molecule has 0 aliphatic rings. The molecule has 0 aliphatic carbocycles. The van der Waals surface area contributed by atoms with Crippen molar-refractivity contribution in [2.45, 2.75) is 6.18 Å². The number of hydrogen-bond donors (Lipinski definition) is 1. The summed E-state index contributed by atoms with van der Waals surface area (Å²) in [5.41, 5.74) is -1.16. The van der Waals surface area contributed by atoms with E-state index >= 15 is 0 Å². The van der Waals surface area contributed by atoms with Crippen LogP contribution in [0, 0.1) is 0 Å². The Morgan fingerprint density at radius 1 is 1.15 bits per heavy atom. The molecule has 2 aromatic rings. The predicted molar refractivity (Wildman–Crippen MR) is 60.5 cm³/mol. The Labute approximate surface area is 110 Å². The van der Waals surface area contributed by atoms with Crippen molar-refractivity contribution in [2.24, 2.45) is 0 Å². The first-order chi connectivity index (χ1) is 9.38. The van der Waals surface area contributed by atoms with E-state index in [0.29, 0.717) is 0 Å². The minimum atomic E-state index is -4.57. The maximum Gasteiger partial charge on any atom is 0.419 e. The monoisotopic (exact) mass is 284 g/mol. The zero-order valence-corrected chi connectivity index (χ0v) is 9.76. The molecule has 0 saturated heterocycles. The second-order valence-corrected chi connectivity index (χ2v) is 3.66. The van der Waals surface area contributed by atoms with E-state index < -0.39 is 23.5 Å². The molecule has 0 atom stereocenters. The van der Waals surface area contributed by atoms with Gasteiger partial charge in [-0.1, -0.05) is 12.1 Å². The number of carbonyl (C=O) groups is 1. The Morgan fingerprint density at radius 3 is 2.30 bits per heavy atom. The normalized spacial score (nSPS) is 11.2. The first kappa shape index (κ1) is 13.8. The maximum atomic E-state index is 12.7. The van der Waals surface area contributed by atoms with Crippen LogP contribution in [0.1, 0.15) is 15.9 Å². The summed E-state index contributed by atoms with van der Waals surface area (Å²) in [6, 6.07) is 4.21. The van der Waals surface area contributed by atoms with Crippen LogP contribution in [0.25, 0.3) is 0 Å². The molecule has 0 bridgehead atoms. The third kappa shape index (κ3) is 3.02. The van der Waals surface area contributed by atoms with Crippen molar-refractivity contribution in [1.82, 2.24) is 9.97 Å². The van der Waals surface area contributed by atoms with E-state index in [1.54, 1.807) is 0 Å². The molecule has 1 aromatic heterocycles. The summed E-state index contributed by atoms with van der Waals surface area (Å²) >= 11 is 0. The van der Waals surface area contributed by atoms with E-state index in [1.807, 2.05) is 0 Å². The summed E-state index contributed by atoms with van der Waals surface area (Å²) in [5.74, 6) is -1.70. The molecule has 104 valence electrons. The standard InChI is InChI=1S/C12H7F3N2O3/c13-12(14,15)8-3-1-2-4-9(8)20-11-16-5-7(6-17-11)10(18)19/h1-6H,(H,18,19). The van der Waals surface area contributed by atoms with E-state index in [2.05, 4.69) is 9.97 Å². The van der Waals surface area contributed by atoms with Crippen molar-refractivity contribution < 1.29 is 27.8 Å². The van der Waals surface area contributed by atoms with Crippen LogP contribution in [-0.4, -0.2) is 21.0 Å².